The predicted molar refractivity (Wildman–Crippen MR) is 142 cm³/mol. The number of benzene rings is 3. The van der Waals surface area contributed by atoms with Crippen LogP contribution in [0.1, 0.15) is 17.5 Å². The highest BCUT2D eigenvalue weighted by Crippen LogP contribution is 2.36. The van der Waals surface area contributed by atoms with Crippen molar-refractivity contribution in [2.75, 3.05) is 32.1 Å². The molecule has 1 fully saturated rings. The van der Waals surface area contributed by atoms with Crippen molar-refractivity contribution in [3.8, 4) is 22.8 Å². The molecule has 0 unspecified atom stereocenters. The zero-order valence-corrected chi connectivity index (χ0v) is 21.2. The van der Waals surface area contributed by atoms with Crippen LogP contribution in [-0.2, 0) is 17.4 Å². The molecule has 1 aliphatic rings. The van der Waals surface area contributed by atoms with E-state index in [0.29, 0.717) is 46.5 Å². The number of nitrogens with zero attached hydrogens (tertiary/aromatic N) is 2. The molecule has 0 bridgehead atoms. The summed E-state index contributed by atoms with van der Waals surface area (Å²) in [6, 6.07) is 15.5. The molecule has 2 heterocycles. The molecule has 1 amide bonds. The lowest BCUT2D eigenvalue weighted by Gasteiger charge is -2.15. The summed E-state index contributed by atoms with van der Waals surface area (Å²) in [5.41, 5.74) is 2.53. The topological polar surface area (TPSA) is 85.4 Å². The minimum absolute atomic E-state index is 0.0438. The Hall–Kier alpha value is -4.18. The summed E-state index contributed by atoms with van der Waals surface area (Å²) in [6.07, 6.45) is -1.88. The zero-order chi connectivity index (χ0) is 27.4. The molecule has 3 aromatic carbocycles. The second kappa shape index (κ2) is 11.3. The molecule has 2 N–H and O–H groups in total. The van der Waals surface area contributed by atoms with Crippen LogP contribution in [0.3, 0.4) is 0 Å². The monoisotopic (exact) mass is 536 g/mol. The molecule has 0 aliphatic carbocycles. The Morgan fingerprint density at radius 3 is 2.49 bits per heavy atom. The van der Waals surface area contributed by atoms with E-state index in [1.165, 1.54) is 18.5 Å². The van der Waals surface area contributed by atoms with Gasteiger partial charge in [0.15, 0.2) is 11.5 Å². The number of carbonyl (C=O) groups is 1. The summed E-state index contributed by atoms with van der Waals surface area (Å²) in [5, 5.41) is 6.91. The molecular weight excluding hydrogens is 509 g/mol. The van der Waals surface area contributed by atoms with Crippen molar-refractivity contribution in [1.29, 1.82) is 0 Å². The third kappa shape index (κ3) is 6.28. The van der Waals surface area contributed by atoms with Crippen molar-refractivity contribution in [3.63, 3.8) is 0 Å². The summed E-state index contributed by atoms with van der Waals surface area (Å²) in [5.74, 6) is 1.35. The average Bonchev–Trinajstić information content (AvgIpc) is 3.45. The summed E-state index contributed by atoms with van der Waals surface area (Å²) < 4.78 is 49.9. The molecule has 5 rings (SSSR count). The molecular formula is C29H27F3N4O3. The smallest absolute Gasteiger partial charge is 0.416 e. The van der Waals surface area contributed by atoms with Crippen molar-refractivity contribution in [2.24, 2.45) is 5.92 Å². The van der Waals surface area contributed by atoms with E-state index < -0.39 is 11.7 Å². The highest BCUT2D eigenvalue weighted by atomic mass is 19.4. The van der Waals surface area contributed by atoms with Gasteiger partial charge in [0.1, 0.15) is 6.33 Å². The minimum Gasteiger partial charge on any atom is -0.493 e. The number of carbonyl (C=O) groups excluding carboxylic acids is 1. The maximum Gasteiger partial charge on any atom is 0.416 e. The van der Waals surface area contributed by atoms with E-state index >= 15 is 0 Å². The predicted octanol–water partition coefficient (Wildman–Crippen LogP) is 5.49. The molecule has 10 heteroatoms. The van der Waals surface area contributed by atoms with Gasteiger partial charge in [0.2, 0.25) is 5.91 Å². The molecule has 0 radical (unpaired) electrons. The molecule has 7 nitrogen and oxygen atoms in total. The number of nitrogens with one attached hydrogen (secondary N) is 2. The standard InChI is InChI=1S/C29H27F3N4O3/c1-38-25-13-23-24(14-26(25)39-16-19-10-11-33-15-19)34-17-35-28(23)20-4-8-22(9-5-20)36-27(37)12-18-2-6-21(7-3-18)29(30,31)32/h2-9,13-14,17,19,33H,10-12,15-16H2,1H3,(H,36,37)/t19-/m0/s1. The maximum atomic E-state index is 12.8. The molecule has 1 atom stereocenters. The van der Waals surface area contributed by atoms with Crippen LogP contribution < -0.4 is 20.1 Å². The largest absolute Gasteiger partial charge is 0.493 e. The maximum absolute atomic E-state index is 12.8. The molecule has 202 valence electrons. The lowest BCUT2D eigenvalue weighted by Crippen LogP contribution is -2.15. The lowest BCUT2D eigenvalue weighted by atomic mass is 10.1. The second-order valence-electron chi connectivity index (χ2n) is 9.41. The number of hydrogen-bond donors (Lipinski definition) is 2. The highest BCUT2D eigenvalue weighted by Gasteiger charge is 2.30. The Balaban J connectivity index is 1.29. The van der Waals surface area contributed by atoms with Crippen LogP contribution >= 0.6 is 0 Å². The summed E-state index contributed by atoms with van der Waals surface area (Å²) in [7, 11) is 1.59. The van der Waals surface area contributed by atoms with Crippen LogP contribution in [0.4, 0.5) is 18.9 Å². The Bertz CT molecular complexity index is 1450. The van der Waals surface area contributed by atoms with E-state index in [0.717, 1.165) is 42.6 Å². The van der Waals surface area contributed by atoms with E-state index in [2.05, 4.69) is 20.6 Å². The number of methoxy groups -OCH3 is 1. The summed E-state index contributed by atoms with van der Waals surface area (Å²) in [4.78, 5) is 21.3. The zero-order valence-electron chi connectivity index (χ0n) is 21.2. The fourth-order valence-corrected chi connectivity index (χ4v) is 4.54. The third-order valence-corrected chi connectivity index (χ3v) is 6.65. The number of amides is 1. The van der Waals surface area contributed by atoms with E-state index in [4.69, 9.17) is 9.47 Å². The third-order valence-electron chi connectivity index (χ3n) is 6.65. The van der Waals surface area contributed by atoms with Gasteiger partial charge in [0.25, 0.3) is 0 Å². The van der Waals surface area contributed by atoms with Gasteiger partial charge in [-0.3, -0.25) is 4.79 Å². The first-order valence-electron chi connectivity index (χ1n) is 12.5. The first-order valence-corrected chi connectivity index (χ1v) is 12.5. The van der Waals surface area contributed by atoms with Crippen LogP contribution in [-0.4, -0.2) is 42.7 Å². The van der Waals surface area contributed by atoms with Gasteiger partial charge >= 0.3 is 6.18 Å². The fourth-order valence-electron chi connectivity index (χ4n) is 4.54. The van der Waals surface area contributed by atoms with Gasteiger partial charge in [-0.25, -0.2) is 9.97 Å². The van der Waals surface area contributed by atoms with Gasteiger partial charge in [-0.05, 0) is 48.9 Å². The summed E-state index contributed by atoms with van der Waals surface area (Å²) in [6.45, 7) is 2.54. The molecule has 0 spiro atoms. The van der Waals surface area contributed by atoms with Crippen LogP contribution in [0.2, 0.25) is 0 Å². The number of aromatic nitrogens is 2. The number of anilines is 1. The Labute approximate surface area is 223 Å². The first kappa shape index (κ1) is 26.4. The normalized spacial score (nSPS) is 15.3. The van der Waals surface area contributed by atoms with Crippen LogP contribution in [0.5, 0.6) is 11.5 Å². The Morgan fingerprint density at radius 2 is 1.82 bits per heavy atom. The van der Waals surface area contributed by atoms with E-state index in [9.17, 15) is 18.0 Å². The molecule has 39 heavy (non-hydrogen) atoms. The minimum atomic E-state index is -4.41. The van der Waals surface area contributed by atoms with Gasteiger partial charge in [-0.1, -0.05) is 24.3 Å². The van der Waals surface area contributed by atoms with Gasteiger partial charge in [-0.15, -0.1) is 0 Å². The number of rotatable bonds is 8. The van der Waals surface area contributed by atoms with Crippen molar-refractivity contribution in [2.45, 2.75) is 19.0 Å². The van der Waals surface area contributed by atoms with E-state index in [-0.39, 0.29) is 12.3 Å². The fraction of sp³-hybridized carbons (Fsp3) is 0.276. The average molecular weight is 537 g/mol. The Kier molecular flexibility index (Phi) is 7.65. The van der Waals surface area contributed by atoms with Gasteiger partial charge in [0.05, 0.1) is 36.9 Å². The van der Waals surface area contributed by atoms with E-state index in [1.54, 1.807) is 19.2 Å². The van der Waals surface area contributed by atoms with Crippen LogP contribution in [0.25, 0.3) is 22.2 Å². The SMILES string of the molecule is COc1cc2c(-c3ccc(NC(=O)Cc4ccc(C(F)(F)F)cc4)cc3)ncnc2cc1OC[C@H]1CCNC1. The highest BCUT2D eigenvalue weighted by molar-refractivity contribution is 5.95. The van der Waals surface area contributed by atoms with Crippen LogP contribution in [0, 0.1) is 5.92 Å². The molecule has 0 saturated carbocycles. The summed E-state index contributed by atoms with van der Waals surface area (Å²) >= 11 is 0. The Morgan fingerprint density at radius 1 is 1.05 bits per heavy atom. The number of fused-ring (bicyclic) bond motifs is 1. The van der Waals surface area contributed by atoms with Crippen LogP contribution in [0.15, 0.2) is 67.0 Å². The molecule has 4 aromatic rings. The number of ether oxygens (including phenoxy) is 2. The van der Waals surface area contributed by atoms with Crippen molar-refractivity contribution in [3.05, 3.63) is 78.1 Å². The van der Waals surface area contributed by atoms with Crippen molar-refractivity contribution in [1.82, 2.24) is 15.3 Å². The number of hydrogen-bond acceptors (Lipinski definition) is 6. The second-order valence-corrected chi connectivity index (χ2v) is 9.41. The first-order chi connectivity index (χ1) is 18.8. The van der Waals surface area contributed by atoms with Crippen molar-refractivity contribution >= 4 is 22.5 Å². The molecule has 1 aliphatic heterocycles. The molecule has 1 aromatic heterocycles. The number of halogens is 3. The lowest BCUT2D eigenvalue weighted by molar-refractivity contribution is -0.137. The quantitative estimate of drug-likeness (QED) is 0.310. The number of alkyl halides is 3. The van der Waals surface area contributed by atoms with Gasteiger partial charge < -0.3 is 20.1 Å². The van der Waals surface area contributed by atoms with E-state index in [1.807, 2.05) is 24.3 Å². The van der Waals surface area contributed by atoms with Gasteiger partial charge in [0, 0.05) is 35.2 Å². The molecule has 1 saturated heterocycles. The van der Waals surface area contributed by atoms with Gasteiger partial charge in [-0.2, -0.15) is 13.2 Å². The van der Waals surface area contributed by atoms with Crippen molar-refractivity contribution < 1.29 is 27.4 Å².